The van der Waals surface area contributed by atoms with Gasteiger partial charge >= 0.3 is 5.97 Å². The second-order valence-corrected chi connectivity index (χ2v) is 20.0. The third kappa shape index (κ3) is 51.6. The molecule has 0 aromatic carbocycles. The van der Waals surface area contributed by atoms with Gasteiger partial charge in [-0.2, -0.15) is 0 Å². The Hall–Kier alpha value is -1.66. The van der Waals surface area contributed by atoms with Crippen LogP contribution in [-0.4, -0.2) is 47.4 Å². The van der Waals surface area contributed by atoms with E-state index in [9.17, 15) is 19.8 Å². The first-order chi connectivity index (χ1) is 32.0. The smallest absolute Gasteiger partial charge is 0.305 e. The minimum absolute atomic E-state index is 0.0135. The molecule has 0 aliphatic carbocycles. The van der Waals surface area contributed by atoms with Crippen LogP contribution in [-0.2, 0) is 14.3 Å². The summed E-state index contributed by atoms with van der Waals surface area (Å²) in [6.45, 7) is 4.89. The van der Waals surface area contributed by atoms with Gasteiger partial charge in [-0.15, -0.1) is 0 Å². The molecule has 0 heterocycles. The van der Waals surface area contributed by atoms with Crippen molar-refractivity contribution in [1.82, 2.24) is 5.32 Å². The summed E-state index contributed by atoms with van der Waals surface area (Å²) in [6.07, 6.45) is 66.4. The number of ether oxygens (including phenoxy) is 1. The predicted octanol–water partition coefficient (Wildman–Crippen LogP) is 17.9. The maximum atomic E-state index is 12.4. The van der Waals surface area contributed by atoms with E-state index < -0.39 is 12.1 Å². The quantitative estimate of drug-likeness (QED) is 0.0321. The fourth-order valence-corrected chi connectivity index (χ4v) is 8.98. The molecule has 6 nitrogen and oxygen atoms in total. The van der Waals surface area contributed by atoms with E-state index in [0.717, 1.165) is 38.5 Å². The minimum atomic E-state index is -0.843. The van der Waals surface area contributed by atoms with Crippen LogP contribution in [0, 0.1) is 0 Å². The van der Waals surface area contributed by atoms with Gasteiger partial charge < -0.3 is 20.3 Å². The van der Waals surface area contributed by atoms with Gasteiger partial charge in [-0.25, -0.2) is 0 Å². The molecule has 0 aliphatic rings. The molecule has 0 radical (unpaired) electrons. The molecular formula is C59H113NO5. The number of aliphatic hydroxyl groups excluding tert-OH is 2. The van der Waals surface area contributed by atoms with Crippen molar-refractivity contribution in [3.63, 3.8) is 0 Å². The molecule has 6 heteroatoms. The second-order valence-electron chi connectivity index (χ2n) is 20.0. The van der Waals surface area contributed by atoms with Crippen molar-refractivity contribution in [2.45, 2.75) is 328 Å². The van der Waals surface area contributed by atoms with Crippen LogP contribution in [0.3, 0.4) is 0 Å². The molecule has 0 saturated heterocycles. The maximum Gasteiger partial charge on any atom is 0.305 e. The van der Waals surface area contributed by atoms with Gasteiger partial charge in [-0.1, -0.05) is 269 Å². The van der Waals surface area contributed by atoms with E-state index in [4.69, 9.17) is 4.74 Å². The van der Waals surface area contributed by atoms with Crippen LogP contribution in [0.1, 0.15) is 316 Å². The highest BCUT2D eigenvalue weighted by Gasteiger charge is 2.18. The molecule has 0 spiro atoms. The van der Waals surface area contributed by atoms with E-state index in [2.05, 4.69) is 31.3 Å². The molecule has 65 heavy (non-hydrogen) atoms. The van der Waals surface area contributed by atoms with Crippen molar-refractivity contribution in [3.05, 3.63) is 24.3 Å². The Morgan fingerprint density at radius 1 is 0.415 bits per heavy atom. The van der Waals surface area contributed by atoms with Crippen LogP contribution in [0.5, 0.6) is 0 Å². The summed E-state index contributed by atoms with van der Waals surface area (Å²) in [6, 6.07) is -0.627. The highest BCUT2D eigenvalue weighted by molar-refractivity contribution is 5.76. The first kappa shape index (κ1) is 63.3. The first-order valence-electron chi connectivity index (χ1n) is 29.1. The number of aliphatic hydroxyl groups is 2. The molecule has 0 saturated carbocycles. The van der Waals surface area contributed by atoms with E-state index in [1.807, 2.05) is 6.08 Å². The Morgan fingerprint density at radius 2 is 0.723 bits per heavy atom. The lowest BCUT2D eigenvalue weighted by molar-refractivity contribution is -0.143. The Morgan fingerprint density at radius 3 is 1.09 bits per heavy atom. The summed E-state index contributed by atoms with van der Waals surface area (Å²) in [5.74, 6) is -0.0570. The molecule has 3 N–H and O–H groups in total. The standard InChI is InChI=1S/C59H113NO5/c1-3-5-7-9-11-13-31-35-39-43-47-51-57(62)56(55-61)60-58(63)52-48-44-40-36-33-29-27-25-23-21-19-17-15-16-18-20-22-24-26-28-30-34-38-42-46-50-54-65-59(64)53-49-45-41-37-32-14-12-10-8-6-4-2/h15,17,47,51,56-57,61-62H,3-14,16,18-46,48-50,52-55H2,1-2H3,(H,60,63)/b17-15-,51-47+. The molecular weight excluding hydrogens is 803 g/mol. The lowest BCUT2D eigenvalue weighted by Crippen LogP contribution is -2.45. The largest absolute Gasteiger partial charge is 0.466 e. The number of unbranched alkanes of at least 4 members (excludes halogenated alkanes) is 41. The van der Waals surface area contributed by atoms with Crippen molar-refractivity contribution in [2.24, 2.45) is 0 Å². The van der Waals surface area contributed by atoms with E-state index in [1.54, 1.807) is 6.08 Å². The second kappa shape index (κ2) is 54.9. The van der Waals surface area contributed by atoms with E-state index in [1.165, 1.54) is 250 Å². The Kier molecular flexibility index (Phi) is 53.5. The molecule has 0 aromatic heterocycles. The topological polar surface area (TPSA) is 95.9 Å². The lowest BCUT2D eigenvalue weighted by atomic mass is 10.0. The number of amides is 1. The third-order valence-corrected chi connectivity index (χ3v) is 13.5. The lowest BCUT2D eigenvalue weighted by Gasteiger charge is -2.20. The zero-order valence-corrected chi connectivity index (χ0v) is 43.7. The predicted molar refractivity (Wildman–Crippen MR) is 283 cm³/mol. The van der Waals surface area contributed by atoms with Gasteiger partial charge in [0.1, 0.15) is 0 Å². The fourth-order valence-electron chi connectivity index (χ4n) is 8.98. The number of carbonyl (C=O) groups excluding carboxylic acids is 2. The monoisotopic (exact) mass is 916 g/mol. The molecule has 0 aliphatic heterocycles. The average Bonchev–Trinajstić information content (AvgIpc) is 3.31. The fraction of sp³-hybridized carbons (Fsp3) is 0.898. The molecule has 0 fully saturated rings. The number of hydrogen-bond acceptors (Lipinski definition) is 5. The Labute approximate surface area is 405 Å². The number of esters is 1. The number of allylic oxidation sites excluding steroid dienone is 3. The van der Waals surface area contributed by atoms with Gasteiger partial charge in [0.25, 0.3) is 0 Å². The highest BCUT2D eigenvalue weighted by Crippen LogP contribution is 2.17. The average molecular weight is 917 g/mol. The van der Waals surface area contributed by atoms with Gasteiger partial charge in [0.05, 0.1) is 25.4 Å². The maximum absolute atomic E-state index is 12.4. The summed E-state index contributed by atoms with van der Waals surface area (Å²) in [5.41, 5.74) is 0. The molecule has 384 valence electrons. The van der Waals surface area contributed by atoms with Gasteiger partial charge in [0.2, 0.25) is 5.91 Å². The summed E-state index contributed by atoms with van der Waals surface area (Å²) in [4.78, 5) is 24.4. The summed E-state index contributed by atoms with van der Waals surface area (Å²) in [7, 11) is 0. The van der Waals surface area contributed by atoms with Gasteiger partial charge in [-0.05, 0) is 57.8 Å². The van der Waals surface area contributed by atoms with Crippen molar-refractivity contribution < 1.29 is 24.5 Å². The first-order valence-corrected chi connectivity index (χ1v) is 29.1. The van der Waals surface area contributed by atoms with Crippen LogP contribution in [0.2, 0.25) is 0 Å². The SMILES string of the molecule is CCCCCCCCCCC/C=C/C(O)C(CO)NC(=O)CCCCCCCCCCCC/C=C\CCCCCCCCCCCCCCOC(=O)CCCCCCCCCCCCC. The highest BCUT2D eigenvalue weighted by atomic mass is 16.5. The van der Waals surface area contributed by atoms with Gasteiger partial charge in [0.15, 0.2) is 0 Å². The van der Waals surface area contributed by atoms with Crippen LogP contribution >= 0.6 is 0 Å². The number of rotatable bonds is 54. The molecule has 2 atom stereocenters. The van der Waals surface area contributed by atoms with Crippen molar-refractivity contribution in [1.29, 1.82) is 0 Å². The van der Waals surface area contributed by atoms with Crippen molar-refractivity contribution >= 4 is 11.9 Å². The van der Waals surface area contributed by atoms with E-state index in [-0.39, 0.29) is 18.5 Å². The molecule has 0 bridgehead atoms. The zero-order valence-electron chi connectivity index (χ0n) is 43.7. The summed E-state index contributed by atoms with van der Waals surface area (Å²) >= 11 is 0. The molecule has 2 unspecified atom stereocenters. The van der Waals surface area contributed by atoms with Crippen LogP contribution in [0.25, 0.3) is 0 Å². The number of hydrogen-bond donors (Lipinski definition) is 3. The van der Waals surface area contributed by atoms with E-state index >= 15 is 0 Å². The van der Waals surface area contributed by atoms with E-state index in [0.29, 0.717) is 19.4 Å². The molecule has 0 aromatic rings. The van der Waals surface area contributed by atoms with Gasteiger partial charge in [-0.3, -0.25) is 9.59 Å². The summed E-state index contributed by atoms with van der Waals surface area (Å²) in [5, 5.41) is 23.0. The zero-order chi connectivity index (χ0) is 47.2. The minimum Gasteiger partial charge on any atom is -0.466 e. The normalized spacial score (nSPS) is 12.7. The third-order valence-electron chi connectivity index (χ3n) is 13.5. The van der Waals surface area contributed by atoms with Crippen molar-refractivity contribution in [3.8, 4) is 0 Å². The molecule has 1 amide bonds. The Balaban J connectivity index is 3.39. The summed E-state index contributed by atoms with van der Waals surface area (Å²) < 4.78 is 5.46. The van der Waals surface area contributed by atoms with Crippen LogP contribution < -0.4 is 5.32 Å². The number of nitrogens with one attached hydrogen (secondary N) is 1. The van der Waals surface area contributed by atoms with Crippen LogP contribution in [0.4, 0.5) is 0 Å². The van der Waals surface area contributed by atoms with Crippen LogP contribution in [0.15, 0.2) is 24.3 Å². The van der Waals surface area contributed by atoms with Gasteiger partial charge in [0, 0.05) is 12.8 Å². The van der Waals surface area contributed by atoms with Crippen molar-refractivity contribution in [2.75, 3.05) is 13.2 Å². The Bertz CT molecular complexity index is 1010. The molecule has 0 rings (SSSR count). The number of carbonyl (C=O) groups is 2.